The van der Waals surface area contributed by atoms with Crippen molar-refractivity contribution in [1.82, 2.24) is 15.1 Å². The van der Waals surface area contributed by atoms with E-state index in [-0.39, 0.29) is 30.3 Å². The lowest BCUT2D eigenvalue weighted by Gasteiger charge is -2.19. The highest BCUT2D eigenvalue weighted by molar-refractivity contribution is 5.92. The monoisotopic (exact) mass is 387 g/mol. The molecule has 1 N–H and O–H groups in total. The van der Waals surface area contributed by atoms with E-state index in [1.54, 1.807) is 13.8 Å². The molecule has 8 nitrogen and oxygen atoms in total. The molecule has 150 valence electrons. The zero-order chi connectivity index (χ0) is 20.5. The van der Waals surface area contributed by atoms with E-state index in [1.165, 1.54) is 23.9 Å². The highest BCUT2D eigenvalue weighted by Crippen LogP contribution is 2.18. The van der Waals surface area contributed by atoms with Crippen molar-refractivity contribution in [2.75, 3.05) is 13.7 Å². The number of hydrogen-bond donors (Lipinski definition) is 1. The maximum Gasteiger partial charge on any atom is 0.308 e. The largest absolute Gasteiger partial charge is 0.463 e. The number of nitrogens with zero attached hydrogens (tertiary/aromatic N) is 2. The summed E-state index contributed by atoms with van der Waals surface area (Å²) in [5.41, 5.74) is 0.520. The number of aromatic nitrogens is 2. The first-order valence-electron chi connectivity index (χ1n) is 9.03. The van der Waals surface area contributed by atoms with Gasteiger partial charge in [0.2, 0.25) is 0 Å². The lowest BCUT2D eigenvalue weighted by Crippen LogP contribution is -2.34. The van der Waals surface area contributed by atoms with Gasteiger partial charge < -0.3 is 14.8 Å². The highest BCUT2D eigenvalue weighted by atomic mass is 16.5. The fourth-order valence-corrected chi connectivity index (χ4v) is 2.56. The molecule has 1 heterocycles. The molecule has 1 atom stereocenters. The zero-order valence-electron chi connectivity index (χ0n) is 16.3. The summed E-state index contributed by atoms with van der Waals surface area (Å²) in [6.07, 6.45) is -0.261. The number of carbonyl (C=O) groups is 2. The van der Waals surface area contributed by atoms with Gasteiger partial charge in [0.05, 0.1) is 31.7 Å². The molecule has 1 amide bonds. The van der Waals surface area contributed by atoms with Crippen LogP contribution in [0.4, 0.5) is 0 Å². The van der Waals surface area contributed by atoms with E-state index in [0.717, 1.165) is 5.56 Å². The van der Waals surface area contributed by atoms with Gasteiger partial charge in [-0.2, -0.15) is 5.10 Å². The van der Waals surface area contributed by atoms with E-state index in [4.69, 9.17) is 9.47 Å². The number of esters is 1. The second kappa shape index (κ2) is 10.4. The molecule has 1 aromatic heterocycles. The number of benzene rings is 1. The van der Waals surface area contributed by atoms with E-state index in [9.17, 15) is 14.4 Å². The molecule has 0 aliphatic heterocycles. The number of hydrogen-bond acceptors (Lipinski definition) is 6. The standard InChI is InChI=1S/C20H25N3O5/c1-14(2)28-19(25)13-17(15-7-5-4-6-8-15)21-20(26)16-9-10-18(24)23(22-16)11-12-27-3/h4-10,14,17H,11-13H2,1-3H3,(H,21,26). The van der Waals surface area contributed by atoms with Crippen molar-refractivity contribution in [3.63, 3.8) is 0 Å². The molecule has 1 unspecified atom stereocenters. The first-order chi connectivity index (χ1) is 13.4. The second-order valence-corrected chi connectivity index (χ2v) is 6.45. The summed E-state index contributed by atoms with van der Waals surface area (Å²) in [5, 5.41) is 6.89. The van der Waals surface area contributed by atoms with Gasteiger partial charge in [0, 0.05) is 13.2 Å². The van der Waals surface area contributed by atoms with Gasteiger partial charge in [0.15, 0.2) is 0 Å². The van der Waals surface area contributed by atoms with E-state index >= 15 is 0 Å². The SMILES string of the molecule is COCCn1nc(C(=O)NC(CC(=O)OC(C)C)c2ccccc2)ccc1=O. The molecule has 8 heteroatoms. The van der Waals surface area contributed by atoms with Crippen LogP contribution in [0.5, 0.6) is 0 Å². The van der Waals surface area contributed by atoms with Crippen molar-refractivity contribution >= 4 is 11.9 Å². The number of rotatable bonds is 9. The Labute approximate surface area is 163 Å². The van der Waals surface area contributed by atoms with Crippen molar-refractivity contribution in [3.05, 3.63) is 64.1 Å². The number of amides is 1. The summed E-state index contributed by atoms with van der Waals surface area (Å²) < 4.78 is 11.3. The molecular formula is C20H25N3O5. The van der Waals surface area contributed by atoms with Gasteiger partial charge in [-0.1, -0.05) is 30.3 Å². The average molecular weight is 387 g/mol. The Balaban J connectivity index is 2.20. The summed E-state index contributed by atoms with van der Waals surface area (Å²) in [7, 11) is 1.52. The first kappa shape index (κ1) is 21.3. The minimum absolute atomic E-state index is 0.0166. The van der Waals surface area contributed by atoms with E-state index in [0.29, 0.717) is 6.61 Å². The molecule has 2 rings (SSSR count). The first-order valence-corrected chi connectivity index (χ1v) is 9.03. The number of ether oxygens (including phenoxy) is 2. The summed E-state index contributed by atoms with van der Waals surface area (Å²) in [6.45, 7) is 4.06. The summed E-state index contributed by atoms with van der Waals surface area (Å²) in [6, 6.07) is 11.2. The maximum atomic E-state index is 12.7. The van der Waals surface area contributed by atoms with E-state index < -0.39 is 17.9 Å². The number of carbonyl (C=O) groups excluding carboxylic acids is 2. The maximum absolute atomic E-state index is 12.7. The third-order valence-corrected chi connectivity index (χ3v) is 3.85. The predicted octanol–water partition coefficient (Wildman–Crippen LogP) is 1.70. The fraction of sp³-hybridized carbons (Fsp3) is 0.400. The van der Waals surface area contributed by atoms with Crippen molar-refractivity contribution in [1.29, 1.82) is 0 Å². The Bertz CT molecular complexity index is 848. The van der Waals surface area contributed by atoms with Gasteiger partial charge >= 0.3 is 5.97 Å². The van der Waals surface area contributed by atoms with Crippen LogP contribution in [0, 0.1) is 0 Å². The molecule has 28 heavy (non-hydrogen) atoms. The van der Waals surface area contributed by atoms with Gasteiger partial charge in [-0.15, -0.1) is 0 Å². The number of nitrogens with one attached hydrogen (secondary N) is 1. The molecule has 0 radical (unpaired) electrons. The molecule has 0 aliphatic carbocycles. The van der Waals surface area contributed by atoms with Gasteiger partial charge in [-0.3, -0.25) is 14.4 Å². The van der Waals surface area contributed by atoms with Crippen LogP contribution in [0.15, 0.2) is 47.3 Å². The van der Waals surface area contributed by atoms with Gasteiger partial charge in [0.25, 0.3) is 11.5 Å². The van der Waals surface area contributed by atoms with Crippen LogP contribution in [0.2, 0.25) is 0 Å². The normalized spacial score (nSPS) is 11.9. The Morgan fingerprint density at radius 3 is 2.50 bits per heavy atom. The van der Waals surface area contributed by atoms with Crippen LogP contribution in [-0.2, 0) is 20.8 Å². The Morgan fingerprint density at radius 2 is 1.86 bits per heavy atom. The third kappa shape index (κ3) is 6.31. The summed E-state index contributed by atoms with van der Waals surface area (Å²) in [5.74, 6) is -0.903. The van der Waals surface area contributed by atoms with Crippen molar-refractivity contribution in [3.8, 4) is 0 Å². The van der Waals surface area contributed by atoms with Crippen LogP contribution < -0.4 is 10.9 Å². The molecule has 1 aromatic carbocycles. The minimum Gasteiger partial charge on any atom is -0.463 e. The molecular weight excluding hydrogens is 362 g/mol. The summed E-state index contributed by atoms with van der Waals surface area (Å²) >= 11 is 0. The zero-order valence-corrected chi connectivity index (χ0v) is 16.3. The molecule has 0 saturated carbocycles. The Morgan fingerprint density at radius 1 is 1.14 bits per heavy atom. The van der Waals surface area contributed by atoms with Crippen LogP contribution in [-0.4, -0.2) is 41.5 Å². The number of methoxy groups -OCH3 is 1. The Hall–Kier alpha value is -3.00. The van der Waals surface area contributed by atoms with E-state index in [2.05, 4.69) is 10.4 Å². The molecule has 0 saturated heterocycles. The van der Waals surface area contributed by atoms with Gasteiger partial charge in [-0.05, 0) is 25.5 Å². The summed E-state index contributed by atoms with van der Waals surface area (Å²) in [4.78, 5) is 36.7. The molecule has 0 fully saturated rings. The second-order valence-electron chi connectivity index (χ2n) is 6.45. The molecule has 0 spiro atoms. The smallest absolute Gasteiger partial charge is 0.308 e. The highest BCUT2D eigenvalue weighted by Gasteiger charge is 2.21. The van der Waals surface area contributed by atoms with E-state index in [1.807, 2.05) is 30.3 Å². The lowest BCUT2D eigenvalue weighted by molar-refractivity contribution is -0.147. The quantitative estimate of drug-likeness (QED) is 0.658. The molecule has 0 bridgehead atoms. The van der Waals surface area contributed by atoms with Crippen LogP contribution in [0.3, 0.4) is 0 Å². The molecule has 2 aromatic rings. The Kier molecular flexibility index (Phi) is 7.88. The van der Waals surface area contributed by atoms with Crippen LogP contribution in [0.25, 0.3) is 0 Å². The van der Waals surface area contributed by atoms with Crippen LogP contribution >= 0.6 is 0 Å². The minimum atomic E-state index is -0.582. The van der Waals surface area contributed by atoms with Crippen molar-refractivity contribution in [2.45, 2.75) is 39.0 Å². The van der Waals surface area contributed by atoms with Crippen molar-refractivity contribution < 1.29 is 19.1 Å². The topological polar surface area (TPSA) is 99.5 Å². The molecule has 0 aliphatic rings. The van der Waals surface area contributed by atoms with Gasteiger partial charge in [0.1, 0.15) is 5.69 Å². The van der Waals surface area contributed by atoms with Gasteiger partial charge in [-0.25, -0.2) is 4.68 Å². The average Bonchev–Trinajstić information content (AvgIpc) is 2.66. The predicted molar refractivity (Wildman–Crippen MR) is 103 cm³/mol. The van der Waals surface area contributed by atoms with Crippen molar-refractivity contribution in [2.24, 2.45) is 0 Å². The fourth-order valence-electron chi connectivity index (χ4n) is 2.56. The third-order valence-electron chi connectivity index (χ3n) is 3.85. The lowest BCUT2D eigenvalue weighted by atomic mass is 10.0. The van der Waals surface area contributed by atoms with Crippen LogP contribution in [0.1, 0.15) is 42.4 Å².